The van der Waals surface area contributed by atoms with E-state index in [1.165, 1.54) is 5.56 Å². The third-order valence-corrected chi connectivity index (χ3v) is 3.53. The standard InChI is InChI=1S/C15H23N3O2/c1-20-9-6-15(19)17-14-5-3-8-18(12-14)11-13-4-2-7-16-10-13/h2,4,7,10,14H,3,5-6,8-9,11-12H2,1H3,(H,17,19). The number of ether oxygens (including phenoxy) is 1. The molecule has 1 aromatic rings. The lowest BCUT2D eigenvalue weighted by Crippen LogP contribution is -2.47. The second kappa shape index (κ2) is 7.97. The Hall–Kier alpha value is -1.46. The van der Waals surface area contributed by atoms with Crippen molar-refractivity contribution in [1.82, 2.24) is 15.2 Å². The third-order valence-electron chi connectivity index (χ3n) is 3.53. The molecule has 1 aromatic heterocycles. The van der Waals surface area contributed by atoms with Crippen molar-refractivity contribution in [2.45, 2.75) is 31.8 Å². The SMILES string of the molecule is COCCC(=O)NC1CCCN(Cc2cccnc2)C1. The second-order valence-corrected chi connectivity index (χ2v) is 5.25. The van der Waals surface area contributed by atoms with Gasteiger partial charge in [0.2, 0.25) is 5.91 Å². The van der Waals surface area contributed by atoms with Crippen molar-refractivity contribution < 1.29 is 9.53 Å². The van der Waals surface area contributed by atoms with Crippen LogP contribution in [0.2, 0.25) is 0 Å². The van der Waals surface area contributed by atoms with Gasteiger partial charge in [-0.05, 0) is 31.0 Å². The van der Waals surface area contributed by atoms with Gasteiger partial charge in [0.05, 0.1) is 6.61 Å². The predicted octanol–water partition coefficient (Wildman–Crippen LogP) is 1.20. The number of hydrogen-bond donors (Lipinski definition) is 1. The van der Waals surface area contributed by atoms with Crippen molar-refractivity contribution in [3.05, 3.63) is 30.1 Å². The van der Waals surface area contributed by atoms with Crippen LogP contribution in [0, 0.1) is 0 Å². The molecule has 1 amide bonds. The first-order chi connectivity index (χ1) is 9.78. The monoisotopic (exact) mass is 277 g/mol. The van der Waals surface area contributed by atoms with E-state index in [9.17, 15) is 4.79 Å². The number of pyridine rings is 1. The summed E-state index contributed by atoms with van der Waals surface area (Å²) < 4.78 is 4.92. The minimum absolute atomic E-state index is 0.0834. The van der Waals surface area contributed by atoms with Crippen molar-refractivity contribution >= 4 is 5.91 Å². The van der Waals surface area contributed by atoms with Crippen LogP contribution in [-0.4, -0.2) is 48.6 Å². The van der Waals surface area contributed by atoms with Crippen molar-refractivity contribution in [2.75, 3.05) is 26.8 Å². The number of amides is 1. The number of methoxy groups -OCH3 is 1. The molecule has 1 saturated heterocycles. The van der Waals surface area contributed by atoms with Gasteiger partial charge in [0.15, 0.2) is 0 Å². The molecule has 1 atom stereocenters. The van der Waals surface area contributed by atoms with E-state index in [2.05, 4.69) is 21.3 Å². The normalized spacial score (nSPS) is 19.8. The van der Waals surface area contributed by atoms with Crippen LogP contribution in [0.15, 0.2) is 24.5 Å². The smallest absolute Gasteiger partial charge is 0.222 e. The van der Waals surface area contributed by atoms with Crippen molar-refractivity contribution in [3.8, 4) is 0 Å². The summed E-state index contributed by atoms with van der Waals surface area (Å²) in [5.41, 5.74) is 1.22. The highest BCUT2D eigenvalue weighted by Gasteiger charge is 2.21. The van der Waals surface area contributed by atoms with E-state index in [1.807, 2.05) is 12.3 Å². The van der Waals surface area contributed by atoms with Crippen LogP contribution in [0.25, 0.3) is 0 Å². The van der Waals surface area contributed by atoms with Gasteiger partial charge in [-0.3, -0.25) is 14.7 Å². The Morgan fingerprint density at radius 2 is 2.50 bits per heavy atom. The van der Waals surface area contributed by atoms with Crippen LogP contribution < -0.4 is 5.32 Å². The van der Waals surface area contributed by atoms with E-state index in [1.54, 1.807) is 13.3 Å². The Kier molecular flexibility index (Phi) is 5.95. The molecule has 0 saturated carbocycles. The Balaban J connectivity index is 1.78. The summed E-state index contributed by atoms with van der Waals surface area (Å²) in [5.74, 6) is 0.0834. The fraction of sp³-hybridized carbons (Fsp3) is 0.600. The van der Waals surface area contributed by atoms with Crippen molar-refractivity contribution in [1.29, 1.82) is 0 Å². The number of carbonyl (C=O) groups is 1. The summed E-state index contributed by atoms with van der Waals surface area (Å²) in [6, 6.07) is 4.31. The van der Waals surface area contributed by atoms with Gasteiger partial charge in [-0.15, -0.1) is 0 Å². The van der Waals surface area contributed by atoms with Gasteiger partial charge in [0, 0.05) is 45.1 Å². The third kappa shape index (κ3) is 4.90. The molecule has 110 valence electrons. The first-order valence-corrected chi connectivity index (χ1v) is 7.17. The lowest BCUT2D eigenvalue weighted by Gasteiger charge is -2.33. The average Bonchev–Trinajstić information content (AvgIpc) is 2.46. The molecule has 2 heterocycles. The van der Waals surface area contributed by atoms with Crippen LogP contribution in [0.3, 0.4) is 0 Å². The fourth-order valence-electron chi connectivity index (χ4n) is 2.56. The quantitative estimate of drug-likeness (QED) is 0.849. The molecule has 2 rings (SSSR count). The van der Waals surface area contributed by atoms with Gasteiger partial charge in [-0.1, -0.05) is 6.07 Å². The Morgan fingerprint density at radius 1 is 1.60 bits per heavy atom. The highest BCUT2D eigenvalue weighted by molar-refractivity contribution is 5.76. The van der Waals surface area contributed by atoms with Crippen LogP contribution in [0.4, 0.5) is 0 Å². The molecule has 1 unspecified atom stereocenters. The van der Waals surface area contributed by atoms with Crippen molar-refractivity contribution in [2.24, 2.45) is 0 Å². The summed E-state index contributed by atoms with van der Waals surface area (Å²) in [7, 11) is 1.61. The van der Waals surface area contributed by atoms with Crippen LogP contribution in [0.1, 0.15) is 24.8 Å². The van der Waals surface area contributed by atoms with Crippen LogP contribution >= 0.6 is 0 Å². The number of nitrogens with zero attached hydrogens (tertiary/aromatic N) is 2. The minimum Gasteiger partial charge on any atom is -0.384 e. The molecule has 0 bridgehead atoms. The Bertz CT molecular complexity index is 411. The van der Waals surface area contributed by atoms with Gasteiger partial charge < -0.3 is 10.1 Å². The largest absolute Gasteiger partial charge is 0.384 e. The maximum absolute atomic E-state index is 11.7. The zero-order valence-corrected chi connectivity index (χ0v) is 12.0. The minimum atomic E-state index is 0.0834. The van der Waals surface area contributed by atoms with E-state index in [0.717, 1.165) is 32.5 Å². The molecule has 5 nitrogen and oxygen atoms in total. The molecule has 0 radical (unpaired) electrons. The van der Waals surface area contributed by atoms with E-state index in [-0.39, 0.29) is 11.9 Å². The summed E-state index contributed by atoms with van der Waals surface area (Å²) in [4.78, 5) is 18.2. The van der Waals surface area contributed by atoms with Gasteiger partial charge in [0.1, 0.15) is 0 Å². The first kappa shape index (κ1) is 14.9. The molecule has 1 aliphatic heterocycles. The molecular weight excluding hydrogens is 254 g/mol. The van der Waals surface area contributed by atoms with Crippen LogP contribution in [-0.2, 0) is 16.1 Å². The lowest BCUT2D eigenvalue weighted by atomic mass is 10.0. The van der Waals surface area contributed by atoms with Gasteiger partial charge in [-0.25, -0.2) is 0 Å². The molecule has 0 aliphatic carbocycles. The Labute approximate surface area is 120 Å². The highest BCUT2D eigenvalue weighted by Crippen LogP contribution is 2.13. The molecule has 1 aliphatic rings. The molecular formula is C15H23N3O2. The predicted molar refractivity (Wildman–Crippen MR) is 77.2 cm³/mol. The number of rotatable bonds is 6. The number of hydrogen-bond acceptors (Lipinski definition) is 4. The Morgan fingerprint density at radius 3 is 3.25 bits per heavy atom. The maximum Gasteiger partial charge on any atom is 0.222 e. The summed E-state index contributed by atoms with van der Waals surface area (Å²) in [5, 5.41) is 3.09. The van der Waals surface area contributed by atoms with Gasteiger partial charge in [0.25, 0.3) is 0 Å². The average molecular weight is 277 g/mol. The number of nitrogens with one attached hydrogen (secondary N) is 1. The van der Waals surface area contributed by atoms with E-state index in [4.69, 9.17) is 4.74 Å². The maximum atomic E-state index is 11.7. The number of aromatic nitrogens is 1. The second-order valence-electron chi connectivity index (χ2n) is 5.25. The molecule has 0 spiro atoms. The fourth-order valence-corrected chi connectivity index (χ4v) is 2.56. The van der Waals surface area contributed by atoms with E-state index in [0.29, 0.717) is 13.0 Å². The first-order valence-electron chi connectivity index (χ1n) is 7.17. The summed E-state index contributed by atoms with van der Waals surface area (Å²) >= 11 is 0. The zero-order chi connectivity index (χ0) is 14.2. The molecule has 1 fully saturated rings. The summed E-state index contributed by atoms with van der Waals surface area (Å²) in [6.07, 6.45) is 6.31. The molecule has 0 aromatic carbocycles. The number of carbonyl (C=O) groups excluding carboxylic acids is 1. The van der Waals surface area contributed by atoms with Gasteiger partial charge >= 0.3 is 0 Å². The van der Waals surface area contributed by atoms with E-state index < -0.39 is 0 Å². The molecule has 1 N–H and O–H groups in total. The molecule has 20 heavy (non-hydrogen) atoms. The molecule has 5 heteroatoms. The zero-order valence-electron chi connectivity index (χ0n) is 12.0. The lowest BCUT2D eigenvalue weighted by molar-refractivity contribution is -0.123. The van der Waals surface area contributed by atoms with Crippen LogP contribution in [0.5, 0.6) is 0 Å². The number of likely N-dealkylation sites (tertiary alicyclic amines) is 1. The summed E-state index contributed by atoms with van der Waals surface area (Å²) in [6.45, 7) is 3.38. The number of piperidine rings is 1. The van der Waals surface area contributed by atoms with E-state index >= 15 is 0 Å². The topological polar surface area (TPSA) is 54.5 Å². The van der Waals surface area contributed by atoms with Crippen molar-refractivity contribution in [3.63, 3.8) is 0 Å². The van der Waals surface area contributed by atoms with Gasteiger partial charge in [-0.2, -0.15) is 0 Å². The highest BCUT2D eigenvalue weighted by atomic mass is 16.5.